The van der Waals surface area contributed by atoms with E-state index in [0.29, 0.717) is 18.8 Å². The van der Waals surface area contributed by atoms with Crippen molar-refractivity contribution in [3.05, 3.63) is 65.2 Å². The molecule has 8 nitrogen and oxygen atoms in total. The number of benzene rings is 1. The number of rotatable bonds is 5. The first-order chi connectivity index (χ1) is 17.9. The number of hydrogen-bond acceptors (Lipinski definition) is 4. The summed E-state index contributed by atoms with van der Waals surface area (Å²) in [5.74, 6) is -0.915. The molecule has 1 saturated heterocycles. The van der Waals surface area contributed by atoms with Crippen LogP contribution >= 0.6 is 0 Å². The van der Waals surface area contributed by atoms with E-state index in [0.717, 1.165) is 35.8 Å². The number of hydrogen-bond donors (Lipinski definition) is 2. The largest absolute Gasteiger partial charge is 0.435 e. The lowest BCUT2D eigenvalue weighted by molar-refractivity contribution is -0.141. The molecule has 2 fully saturated rings. The Bertz CT molecular complexity index is 1340. The lowest BCUT2D eigenvalue weighted by Crippen LogP contribution is -2.41. The number of amides is 2. The summed E-state index contributed by atoms with van der Waals surface area (Å²) >= 11 is 0. The van der Waals surface area contributed by atoms with Gasteiger partial charge in [0.15, 0.2) is 5.69 Å². The van der Waals surface area contributed by atoms with Crippen molar-refractivity contribution in [2.45, 2.75) is 51.6 Å². The summed E-state index contributed by atoms with van der Waals surface area (Å²) in [5, 5.41) is 13.7. The number of carbonyl (C=O) groups excluding carboxylic acids is 2. The zero-order valence-corrected chi connectivity index (χ0v) is 21.6. The third-order valence-corrected chi connectivity index (χ3v) is 7.78. The number of likely N-dealkylation sites (tertiary alicyclic amines) is 1. The summed E-state index contributed by atoms with van der Waals surface area (Å²) in [7, 11) is 0. The van der Waals surface area contributed by atoms with Crippen LogP contribution in [0.4, 0.5) is 13.2 Å². The predicted molar refractivity (Wildman–Crippen MR) is 134 cm³/mol. The molecular formula is C27H31F3N6O2. The van der Waals surface area contributed by atoms with Gasteiger partial charge in [0.2, 0.25) is 0 Å². The van der Waals surface area contributed by atoms with E-state index in [2.05, 4.69) is 20.6 Å². The van der Waals surface area contributed by atoms with E-state index in [4.69, 9.17) is 0 Å². The van der Waals surface area contributed by atoms with Crippen LogP contribution in [0.15, 0.2) is 42.6 Å². The monoisotopic (exact) mass is 528 g/mol. The Labute approximate surface area is 218 Å². The van der Waals surface area contributed by atoms with Crippen molar-refractivity contribution in [3.8, 4) is 5.69 Å². The van der Waals surface area contributed by atoms with Crippen molar-refractivity contribution in [1.82, 2.24) is 30.2 Å². The molecule has 1 aliphatic heterocycles. The van der Waals surface area contributed by atoms with Gasteiger partial charge in [-0.15, -0.1) is 0 Å². The second-order valence-corrected chi connectivity index (χ2v) is 11.4. The number of halogens is 3. The van der Waals surface area contributed by atoms with Crippen molar-refractivity contribution >= 4 is 11.8 Å². The fraction of sp³-hybridized carbons (Fsp3) is 0.481. The van der Waals surface area contributed by atoms with Crippen molar-refractivity contribution in [1.29, 1.82) is 0 Å². The van der Waals surface area contributed by atoms with E-state index in [-0.39, 0.29) is 34.9 Å². The predicted octanol–water partition coefficient (Wildman–Crippen LogP) is 4.58. The summed E-state index contributed by atoms with van der Waals surface area (Å²) in [6.45, 7) is 7.00. The summed E-state index contributed by atoms with van der Waals surface area (Å²) < 4.78 is 42.7. The molecule has 2 aliphatic rings. The van der Waals surface area contributed by atoms with Crippen LogP contribution in [0.1, 0.15) is 72.3 Å². The molecule has 2 N–H and O–H groups in total. The Morgan fingerprint density at radius 1 is 1.18 bits per heavy atom. The maximum atomic E-state index is 13.9. The van der Waals surface area contributed by atoms with Crippen LogP contribution in [0.25, 0.3) is 5.69 Å². The molecule has 2 aromatic heterocycles. The smallest absolute Gasteiger partial charge is 0.350 e. The molecule has 2 amide bonds. The molecule has 202 valence electrons. The Morgan fingerprint density at radius 3 is 2.58 bits per heavy atom. The molecule has 2 atom stereocenters. The highest BCUT2D eigenvalue weighted by Gasteiger charge is 2.52. The zero-order chi connectivity index (χ0) is 27.3. The van der Waals surface area contributed by atoms with E-state index >= 15 is 0 Å². The molecule has 5 rings (SSSR count). The lowest BCUT2D eigenvalue weighted by atomic mass is 9.80. The van der Waals surface area contributed by atoms with Crippen LogP contribution in [0.2, 0.25) is 0 Å². The molecule has 0 unspecified atom stereocenters. The van der Waals surface area contributed by atoms with Gasteiger partial charge in [-0.25, -0.2) is 4.68 Å². The third-order valence-electron chi connectivity index (χ3n) is 7.78. The molecule has 1 aliphatic carbocycles. The van der Waals surface area contributed by atoms with Crippen LogP contribution < -0.4 is 5.32 Å². The van der Waals surface area contributed by atoms with Crippen LogP contribution in [0.5, 0.6) is 0 Å². The van der Waals surface area contributed by atoms with E-state index in [9.17, 15) is 22.8 Å². The van der Waals surface area contributed by atoms with Gasteiger partial charge in [-0.05, 0) is 37.0 Å². The number of nitrogens with one attached hydrogen (secondary N) is 2. The van der Waals surface area contributed by atoms with Gasteiger partial charge in [-0.2, -0.15) is 23.4 Å². The third kappa shape index (κ3) is 4.81. The standard InChI is InChI=1S/C27H31F3N6O2/c1-25(2,3)21-12-20(32-33-21)23(37)31-15-26-11-7-8-17(26)13-35(16-26)24(38)19-14-36(18-9-5-4-6-10-18)34-22(19)27(28,29)30/h4-6,9-10,12,14,17H,7-8,11,13,15-16H2,1-3H3,(H,31,37)(H,32,33)/t17-,26-/m0/s1. The van der Waals surface area contributed by atoms with Crippen LogP contribution in [-0.4, -0.2) is 56.3 Å². The minimum absolute atomic E-state index is 0.0922. The molecule has 3 heterocycles. The Balaban J connectivity index is 1.34. The highest BCUT2D eigenvalue weighted by Crippen LogP contribution is 2.49. The average Bonchev–Trinajstić information content (AvgIpc) is 3.64. The van der Waals surface area contributed by atoms with Gasteiger partial charge >= 0.3 is 6.18 Å². The maximum Gasteiger partial charge on any atom is 0.435 e. The van der Waals surface area contributed by atoms with Gasteiger partial charge in [-0.3, -0.25) is 14.7 Å². The maximum absolute atomic E-state index is 13.9. The average molecular weight is 529 g/mol. The fourth-order valence-electron chi connectivity index (χ4n) is 5.65. The van der Waals surface area contributed by atoms with Gasteiger partial charge in [0.05, 0.1) is 11.3 Å². The first kappa shape index (κ1) is 26.0. The Kier molecular flexibility index (Phi) is 6.35. The SMILES string of the molecule is CC(C)(C)c1cc(C(=O)NC[C@]23CCC[C@H]2CN(C(=O)c2cn(-c4ccccc4)nc2C(F)(F)F)C3)n[nH]1. The molecule has 0 bridgehead atoms. The molecule has 1 aromatic carbocycles. The minimum Gasteiger partial charge on any atom is -0.350 e. The number of H-pyrrole nitrogens is 1. The van der Waals surface area contributed by atoms with Crippen molar-refractivity contribution < 1.29 is 22.8 Å². The Morgan fingerprint density at radius 2 is 1.92 bits per heavy atom. The summed E-state index contributed by atoms with van der Waals surface area (Å²) in [4.78, 5) is 27.8. The molecule has 3 aromatic rings. The van der Waals surface area contributed by atoms with Crippen LogP contribution in [0.3, 0.4) is 0 Å². The highest BCUT2D eigenvalue weighted by atomic mass is 19.4. The van der Waals surface area contributed by atoms with Gasteiger partial charge in [0, 0.05) is 42.4 Å². The second kappa shape index (κ2) is 9.28. The molecule has 1 saturated carbocycles. The summed E-state index contributed by atoms with van der Waals surface area (Å²) in [6, 6.07) is 10.1. The molecule has 0 radical (unpaired) electrons. The van der Waals surface area contributed by atoms with Gasteiger partial charge in [0.1, 0.15) is 5.69 Å². The van der Waals surface area contributed by atoms with Gasteiger partial charge < -0.3 is 10.2 Å². The topological polar surface area (TPSA) is 95.9 Å². The Hall–Kier alpha value is -3.63. The number of aromatic nitrogens is 4. The summed E-state index contributed by atoms with van der Waals surface area (Å²) in [6.07, 6.45) is -1.04. The van der Waals surface area contributed by atoms with Crippen molar-refractivity contribution in [2.75, 3.05) is 19.6 Å². The first-order valence-electron chi connectivity index (χ1n) is 12.7. The van der Waals surface area contributed by atoms with E-state index in [1.54, 1.807) is 36.4 Å². The number of aromatic amines is 1. The van der Waals surface area contributed by atoms with E-state index < -0.39 is 23.3 Å². The number of para-hydroxylation sites is 1. The van der Waals surface area contributed by atoms with Gasteiger partial charge in [-0.1, -0.05) is 45.4 Å². The lowest BCUT2D eigenvalue weighted by Gasteiger charge is -2.29. The minimum atomic E-state index is -4.78. The van der Waals surface area contributed by atoms with E-state index in [1.807, 2.05) is 20.8 Å². The number of fused-ring (bicyclic) bond motifs is 1. The number of alkyl halides is 3. The zero-order valence-electron chi connectivity index (χ0n) is 21.6. The normalized spacial score (nSPS) is 21.5. The molecule has 38 heavy (non-hydrogen) atoms. The summed E-state index contributed by atoms with van der Waals surface area (Å²) in [5.41, 5.74) is -0.671. The van der Waals surface area contributed by atoms with Crippen molar-refractivity contribution in [3.63, 3.8) is 0 Å². The highest BCUT2D eigenvalue weighted by molar-refractivity contribution is 5.96. The molecular weight excluding hydrogens is 497 g/mol. The first-order valence-corrected chi connectivity index (χ1v) is 12.7. The second-order valence-electron chi connectivity index (χ2n) is 11.4. The van der Waals surface area contributed by atoms with Crippen LogP contribution in [0, 0.1) is 11.3 Å². The number of nitrogens with zero attached hydrogens (tertiary/aromatic N) is 4. The quantitative estimate of drug-likeness (QED) is 0.507. The molecule has 0 spiro atoms. The van der Waals surface area contributed by atoms with Crippen LogP contribution in [-0.2, 0) is 11.6 Å². The fourth-order valence-corrected chi connectivity index (χ4v) is 5.65. The van der Waals surface area contributed by atoms with E-state index in [1.165, 1.54) is 4.90 Å². The number of carbonyl (C=O) groups is 2. The van der Waals surface area contributed by atoms with Crippen molar-refractivity contribution in [2.24, 2.45) is 11.3 Å². The van der Waals surface area contributed by atoms with Gasteiger partial charge in [0.25, 0.3) is 11.8 Å². The molecule has 11 heteroatoms.